The molecule has 4 heteroatoms. The van der Waals surface area contributed by atoms with E-state index in [-0.39, 0.29) is 12.8 Å². The van der Waals surface area contributed by atoms with Crippen LogP contribution in [0.15, 0.2) is 54.6 Å². The van der Waals surface area contributed by atoms with Crippen LogP contribution in [-0.4, -0.2) is 47.8 Å². The van der Waals surface area contributed by atoms with Crippen molar-refractivity contribution < 1.29 is 5.11 Å². The van der Waals surface area contributed by atoms with Crippen LogP contribution < -0.4 is 0 Å². The summed E-state index contributed by atoms with van der Waals surface area (Å²) >= 11 is 6.04. The van der Waals surface area contributed by atoms with Crippen molar-refractivity contribution in [2.75, 3.05) is 32.9 Å². The molecule has 1 saturated heterocycles. The zero-order valence-electron chi connectivity index (χ0n) is 12.5. The highest BCUT2D eigenvalue weighted by Crippen LogP contribution is 2.30. The van der Waals surface area contributed by atoms with Crippen molar-refractivity contribution in [1.82, 2.24) is 9.80 Å². The number of hydrogen-bond donors (Lipinski definition) is 1. The highest BCUT2D eigenvalue weighted by molar-refractivity contribution is 6.30. The fraction of sp³-hybridized carbons (Fsp3) is 0.333. The van der Waals surface area contributed by atoms with Crippen LogP contribution in [0.2, 0.25) is 5.02 Å². The van der Waals surface area contributed by atoms with Gasteiger partial charge in [0.2, 0.25) is 0 Å². The van der Waals surface area contributed by atoms with E-state index in [0.717, 1.165) is 31.2 Å². The van der Waals surface area contributed by atoms with Crippen LogP contribution in [0.4, 0.5) is 0 Å². The highest BCUT2D eigenvalue weighted by atomic mass is 35.5. The van der Waals surface area contributed by atoms with E-state index < -0.39 is 0 Å². The molecule has 116 valence electrons. The maximum absolute atomic E-state index is 9.27. The van der Waals surface area contributed by atoms with E-state index >= 15 is 0 Å². The van der Waals surface area contributed by atoms with Gasteiger partial charge in [-0.25, -0.2) is 0 Å². The average Bonchev–Trinajstić information content (AvgIpc) is 2.58. The Hall–Kier alpha value is -1.39. The molecule has 0 radical (unpaired) electrons. The van der Waals surface area contributed by atoms with Gasteiger partial charge in [-0.3, -0.25) is 9.80 Å². The lowest BCUT2D eigenvalue weighted by Crippen LogP contribution is -2.48. The molecule has 0 saturated carbocycles. The average molecular weight is 317 g/mol. The molecule has 0 amide bonds. The molecule has 2 aromatic rings. The van der Waals surface area contributed by atoms with E-state index in [4.69, 9.17) is 11.6 Å². The van der Waals surface area contributed by atoms with Gasteiger partial charge < -0.3 is 5.11 Å². The van der Waals surface area contributed by atoms with E-state index in [2.05, 4.69) is 46.2 Å². The first-order valence-electron chi connectivity index (χ1n) is 7.65. The third-order valence-electron chi connectivity index (χ3n) is 4.27. The van der Waals surface area contributed by atoms with Crippen molar-refractivity contribution in [3.8, 4) is 0 Å². The number of aliphatic hydroxyl groups excluding tert-OH is 1. The first-order valence-corrected chi connectivity index (χ1v) is 8.03. The summed E-state index contributed by atoms with van der Waals surface area (Å²) < 4.78 is 0. The Labute approximate surface area is 136 Å². The molecule has 0 spiro atoms. The van der Waals surface area contributed by atoms with Crippen molar-refractivity contribution in [3.05, 3.63) is 70.7 Å². The number of piperazine rings is 1. The van der Waals surface area contributed by atoms with Gasteiger partial charge in [0.1, 0.15) is 0 Å². The maximum atomic E-state index is 9.27. The Morgan fingerprint density at radius 3 is 2.05 bits per heavy atom. The highest BCUT2D eigenvalue weighted by Gasteiger charge is 2.25. The summed E-state index contributed by atoms with van der Waals surface area (Å²) in [6.07, 6.45) is 0. The van der Waals surface area contributed by atoms with Gasteiger partial charge in [-0.2, -0.15) is 0 Å². The summed E-state index contributed by atoms with van der Waals surface area (Å²) in [7, 11) is 0. The van der Waals surface area contributed by atoms with Crippen LogP contribution in [0.3, 0.4) is 0 Å². The molecule has 1 aliphatic rings. The van der Waals surface area contributed by atoms with Crippen molar-refractivity contribution in [2.45, 2.75) is 6.04 Å². The summed E-state index contributed by atoms with van der Waals surface area (Å²) in [5, 5.41) is 10.0. The van der Waals surface area contributed by atoms with E-state index in [1.165, 1.54) is 11.1 Å². The van der Waals surface area contributed by atoms with Gasteiger partial charge in [0, 0.05) is 31.2 Å². The Morgan fingerprint density at radius 1 is 0.864 bits per heavy atom. The lowest BCUT2D eigenvalue weighted by molar-refractivity contribution is 0.0439. The molecule has 2 aromatic carbocycles. The lowest BCUT2D eigenvalue weighted by Gasteiger charge is -2.39. The van der Waals surface area contributed by atoms with Gasteiger partial charge >= 0.3 is 0 Å². The lowest BCUT2D eigenvalue weighted by atomic mass is 9.96. The first kappa shape index (κ1) is 15.5. The largest absolute Gasteiger partial charge is 0.381 e. The smallest absolute Gasteiger partial charge is 0.0957 e. The van der Waals surface area contributed by atoms with Crippen LogP contribution in [0.1, 0.15) is 17.2 Å². The number of aliphatic hydroxyl groups is 1. The quantitative estimate of drug-likeness (QED) is 0.939. The van der Waals surface area contributed by atoms with Gasteiger partial charge in [-0.15, -0.1) is 0 Å². The predicted octanol–water partition coefficient (Wildman–Crippen LogP) is 3.00. The Kier molecular flexibility index (Phi) is 5.11. The van der Waals surface area contributed by atoms with E-state index in [1.54, 1.807) is 0 Å². The maximum Gasteiger partial charge on any atom is 0.0957 e. The summed E-state index contributed by atoms with van der Waals surface area (Å²) in [5.41, 5.74) is 2.55. The van der Waals surface area contributed by atoms with E-state index in [9.17, 15) is 5.11 Å². The molecule has 1 N–H and O–H groups in total. The fourth-order valence-electron chi connectivity index (χ4n) is 3.06. The molecule has 1 aliphatic heterocycles. The van der Waals surface area contributed by atoms with Crippen LogP contribution in [0.25, 0.3) is 0 Å². The molecule has 1 fully saturated rings. The molecule has 0 bridgehead atoms. The van der Waals surface area contributed by atoms with E-state index in [0.29, 0.717) is 0 Å². The van der Waals surface area contributed by atoms with Crippen molar-refractivity contribution >= 4 is 11.6 Å². The Balaban J connectivity index is 1.88. The molecular weight excluding hydrogens is 296 g/mol. The number of benzene rings is 2. The topological polar surface area (TPSA) is 26.7 Å². The standard InChI is InChI=1S/C18H21ClN2O/c19-17-8-6-16(7-9-17)18(15-4-2-1-3-5-15)21-12-10-20(14-22)11-13-21/h1-9,18,22H,10-14H2/t18-/m1/s1. The van der Waals surface area contributed by atoms with Gasteiger partial charge in [0.25, 0.3) is 0 Å². The number of halogens is 1. The predicted molar refractivity (Wildman–Crippen MR) is 90.0 cm³/mol. The Morgan fingerprint density at radius 2 is 1.45 bits per heavy atom. The molecule has 0 unspecified atom stereocenters. The molecule has 1 atom stereocenters. The van der Waals surface area contributed by atoms with Crippen LogP contribution in [-0.2, 0) is 0 Å². The van der Waals surface area contributed by atoms with Crippen LogP contribution in [0.5, 0.6) is 0 Å². The van der Waals surface area contributed by atoms with Crippen LogP contribution >= 0.6 is 11.6 Å². The second kappa shape index (κ2) is 7.25. The van der Waals surface area contributed by atoms with Crippen molar-refractivity contribution in [3.63, 3.8) is 0 Å². The number of rotatable bonds is 4. The fourth-order valence-corrected chi connectivity index (χ4v) is 3.18. The summed E-state index contributed by atoms with van der Waals surface area (Å²) in [6.45, 7) is 3.83. The first-order chi connectivity index (χ1) is 10.8. The third-order valence-corrected chi connectivity index (χ3v) is 4.53. The summed E-state index contributed by atoms with van der Waals surface area (Å²) in [6, 6.07) is 18.9. The molecule has 3 rings (SSSR count). The van der Waals surface area contributed by atoms with E-state index in [1.807, 2.05) is 18.2 Å². The van der Waals surface area contributed by atoms with Gasteiger partial charge in [-0.1, -0.05) is 54.1 Å². The van der Waals surface area contributed by atoms with Crippen LogP contribution in [0, 0.1) is 0 Å². The molecule has 0 aliphatic carbocycles. The molecular formula is C18H21ClN2O. The monoisotopic (exact) mass is 316 g/mol. The zero-order valence-corrected chi connectivity index (χ0v) is 13.3. The molecule has 0 aromatic heterocycles. The normalized spacial score (nSPS) is 18.3. The Bertz CT molecular complexity index is 580. The number of nitrogens with zero attached hydrogens (tertiary/aromatic N) is 2. The molecule has 3 nitrogen and oxygen atoms in total. The summed E-state index contributed by atoms with van der Waals surface area (Å²) in [4.78, 5) is 4.55. The zero-order chi connectivity index (χ0) is 15.4. The minimum absolute atomic E-state index is 0.144. The van der Waals surface area contributed by atoms with Gasteiger partial charge in [0.15, 0.2) is 0 Å². The van der Waals surface area contributed by atoms with Gasteiger partial charge in [-0.05, 0) is 23.3 Å². The van der Waals surface area contributed by atoms with Crippen molar-refractivity contribution in [1.29, 1.82) is 0 Å². The SMILES string of the molecule is OCN1CCN([C@H](c2ccccc2)c2ccc(Cl)cc2)CC1. The summed E-state index contributed by atoms with van der Waals surface area (Å²) in [5.74, 6) is 0. The van der Waals surface area contributed by atoms with Crippen molar-refractivity contribution in [2.24, 2.45) is 0 Å². The van der Waals surface area contributed by atoms with Gasteiger partial charge in [0.05, 0.1) is 12.8 Å². The second-order valence-corrected chi connectivity index (χ2v) is 6.10. The second-order valence-electron chi connectivity index (χ2n) is 5.66. The molecule has 22 heavy (non-hydrogen) atoms. The third kappa shape index (κ3) is 3.50. The molecule has 1 heterocycles. The minimum atomic E-state index is 0.144. The minimum Gasteiger partial charge on any atom is -0.381 e. The number of hydrogen-bond acceptors (Lipinski definition) is 3.